The summed E-state index contributed by atoms with van der Waals surface area (Å²) in [5.74, 6) is -0.794. The zero-order chi connectivity index (χ0) is 26.8. The second-order valence-corrected chi connectivity index (χ2v) is 8.85. The van der Waals surface area contributed by atoms with Gasteiger partial charge in [0, 0.05) is 22.6 Å². The molecule has 38 heavy (non-hydrogen) atoms. The number of carbonyl (C=O) groups excluding carboxylic acids is 3. The number of anilines is 1. The number of benzene rings is 3. The molecule has 1 aliphatic rings. The van der Waals surface area contributed by atoms with Gasteiger partial charge in [-0.2, -0.15) is 0 Å². The zero-order valence-electron chi connectivity index (χ0n) is 20.5. The predicted molar refractivity (Wildman–Crippen MR) is 141 cm³/mol. The molecule has 2 heterocycles. The number of nitrogens with zero attached hydrogens (tertiary/aromatic N) is 1. The molecular formula is C27H23ClN4O6. The van der Waals surface area contributed by atoms with E-state index in [2.05, 4.69) is 16.1 Å². The second-order valence-electron chi connectivity index (χ2n) is 8.44. The van der Waals surface area contributed by atoms with Crippen molar-refractivity contribution in [3.63, 3.8) is 0 Å². The third kappa shape index (κ3) is 4.81. The molecule has 0 spiro atoms. The standard InChI is InChI=1S/C27H23ClN4O6/c1-15-18(28)6-4-7-19(15)30-25(33)20-12-17-5-3-8-22(36-2)24(17)32(20)31-27(35)26(34)29-13-16-9-10-21-23(11-16)38-14-37-21/h3-12H,13-14H2,1-2H3,(H,29,34)(H,30,33)(H,31,35). The number of methoxy groups -OCH3 is 1. The van der Waals surface area contributed by atoms with E-state index in [0.29, 0.717) is 44.4 Å². The van der Waals surface area contributed by atoms with Gasteiger partial charge in [-0.05, 0) is 54.4 Å². The molecule has 5 rings (SSSR count). The number of rotatable bonds is 6. The lowest BCUT2D eigenvalue weighted by Gasteiger charge is -2.15. The maximum Gasteiger partial charge on any atom is 0.328 e. The molecule has 0 saturated heterocycles. The Morgan fingerprint density at radius 1 is 1.00 bits per heavy atom. The minimum absolute atomic E-state index is 0.0834. The minimum Gasteiger partial charge on any atom is -0.494 e. The summed E-state index contributed by atoms with van der Waals surface area (Å²) in [6, 6.07) is 17.2. The smallest absolute Gasteiger partial charge is 0.328 e. The molecule has 3 amide bonds. The molecule has 0 saturated carbocycles. The predicted octanol–water partition coefficient (Wildman–Crippen LogP) is 3.98. The van der Waals surface area contributed by atoms with Gasteiger partial charge in [0.2, 0.25) is 6.79 Å². The Morgan fingerprint density at radius 2 is 1.79 bits per heavy atom. The van der Waals surface area contributed by atoms with Crippen LogP contribution in [-0.2, 0) is 16.1 Å². The van der Waals surface area contributed by atoms with Crippen molar-refractivity contribution in [1.82, 2.24) is 9.99 Å². The summed E-state index contributed by atoms with van der Waals surface area (Å²) in [5, 5.41) is 6.51. The van der Waals surface area contributed by atoms with Crippen molar-refractivity contribution >= 4 is 45.9 Å². The van der Waals surface area contributed by atoms with E-state index in [1.54, 1.807) is 67.6 Å². The van der Waals surface area contributed by atoms with Gasteiger partial charge >= 0.3 is 11.8 Å². The first-order valence-electron chi connectivity index (χ1n) is 11.6. The fraction of sp³-hybridized carbons (Fsp3) is 0.148. The van der Waals surface area contributed by atoms with Crippen molar-refractivity contribution in [3.05, 3.63) is 82.5 Å². The van der Waals surface area contributed by atoms with Crippen molar-refractivity contribution < 1.29 is 28.6 Å². The number of halogens is 1. The highest BCUT2D eigenvalue weighted by Crippen LogP contribution is 2.32. The molecule has 4 aromatic rings. The number of hydrogen-bond donors (Lipinski definition) is 3. The van der Waals surface area contributed by atoms with Crippen molar-refractivity contribution in [2.75, 3.05) is 24.6 Å². The Kier molecular flexibility index (Phi) is 6.80. The Balaban J connectivity index is 1.39. The number of hydrogen-bond acceptors (Lipinski definition) is 6. The highest BCUT2D eigenvalue weighted by Gasteiger charge is 2.23. The van der Waals surface area contributed by atoms with Crippen LogP contribution in [0.3, 0.4) is 0 Å². The van der Waals surface area contributed by atoms with Crippen molar-refractivity contribution in [2.24, 2.45) is 0 Å². The van der Waals surface area contributed by atoms with Crippen LogP contribution < -0.4 is 30.3 Å². The summed E-state index contributed by atoms with van der Waals surface area (Å²) in [5.41, 5.74) is 4.96. The molecule has 3 N–H and O–H groups in total. The summed E-state index contributed by atoms with van der Waals surface area (Å²) in [6.45, 7) is 2.00. The average molecular weight is 535 g/mol. The largest absolute Gasteiger partial charge is 0.494 e. The quantitative estimate of drug-likeness (QED) is 0.322. The van der Waals surface area contributed by atoms with Gasteiger partial charge in [0.1, 0.15) is 17.0 Å². The molecule has 0 radical (unpaired) electrons. The Bertz CT molecular complexity index is 1580. The number of para-hydroxylation sites is 1. The SMILES string of the molecule is COc1cccc2cc(C(=O)Nc3cccc(Cl)c3C)n(NC(=O)C(=O)NCc3ccc4c(c3)OCO4)c12. The maximum absolute atomic E-state index is 13.3. The molecule has 0 atom stereocenters. The van der Waals surface area contributed by atoms with Crippen LogP contribution >= 0.6 is 11.6 Å². The van der Waals surface area contributed by atoms with Crippen LogP contribution in [0.1, 0.15) is 21.6 Å². The lowest BCUT2D eigenvalue weighted by atomic mass is 10.2. The topological polar surface area (TPSA) is 120 Å². The maximum atomic E-state index is 13.3. The highest BCUT2D eigenvalue weighted by atomic mass is 35.5. The number of fused-ring (bicyclic) bond motifs is 2. The van der Waals surface area contributed by atoms with Crippen LogP contribution in [-0.4, -0.2) is 36.3 Å². The first-order chi connectivity index (χ1) is 18.4. The lowest BCUT2D eigenvalue weighted by Crippen LogP contribution is -2.39. The third-order valence-electron chi connectivity index (χ3n) is 6.07. The first-order valence-corrected chi connectivity index (χ1v) is 12.0. The summed E-state index contributed by atoms with van der Waals surface area (Å²) < 4.78 is 17.3. The van der Waals surface area contributed by atoms with E-state index in [0.717, 1.165) is 5.56 Å². The molecule has 10 nitrogen and oxygen atoms in total. The number of carbonyl (C=O) groups is 3. The van der Waals surface area contributed by atoms with Gasteiger partial charge in [-0.1, -0.05) is 35.9 Å². The highest BCUT2D eigenvalue weighted by molar-refractivity contribution is 6.38. The molecule has 0 aliphatic carbocycles. The summed E-state index contributed by atoms with van der Waals surface area (Å²) in [7, 11) is 1.47. The van der Waals surface area contributed by atoms with Crippen molar-refractivity contribution in [2.45, 2.75) is 13.5 Å². The van der Waals surface area contributed by atoms with Crippen LogP contribution in [0.5, 0.6) is 17.2 Å². The molecule has 3 aromatic carbocycles. The van der Waals surface area contributed by atoms with E-state index in [1.807, 2.05) is 0 Å². The van der Waals surface area contributed by atoms with E-state index in [4.69, 9.17) is 25.8 Å². The zero-order valence-corrected chi connectivity index (χ0v) is 21.2. The minimum atomic E-state index is -0.970. The fourth-order valence-electron chi connectivity index (χ4n) is 4.07. The van der Waals surface area contributed by atoms with Crippen LogP contribution in [0.2, 0.25) is 5.02 Å². The molecule has 1 aliphatic heterocycles. The summed E-state index contributed by atoms with van der Waals surface area (Å²) in [6.07, 6.45) is 0. The van der Waals surface area contributed by atoms with Gasteiger partial charge in [-0.15, -0.1) is 0 Å². The van der Waals surface area contributed by atoms with Gasteiger partial charge < -0.3 is 24.8 Å². The summed E-state index contributed by atoms with van der Waals surface area (Å²) >= 11 is 6.20. The number of aromatic nitrogens is 1. The fourth-order valence-corrected chi connectivity index (χ4v) is 4.24. The molecule has 0 unspecified atom stereocenters. The normalized spacial score (nSPS) is 11.8. The van der Waals surface area contributed by atoms with Crippen LogP contribution in [0, 0.1) is 6.92 Å². The number of nitrogens with one attached hydrogen (secondary N) is 3. The van der Waals surface area contributed by atoms with Crippen molar-refractivity contribution in [3.8, 4) is 17.2 Å². The molecule has 11 heteroatoms. The summed E-state index contributed by atoms with van der Waals surface area (Å²) in [4.78, 5) is 38.9. The van der Waals surface area contributed by atoms with Crippen molar-refractivity contribution in [1.29, 1.82) is 0 Å². The van der Waals surface area contributed by atoms with E-state index in [-0.39, 0.29) is 19.0 Å². The molecule has 0 bridgehead atoms. The Hall–Kier alpha value is -4.70. The van der Waals surface area contributed by atoms with Gasteiger partial charge in [0.15, 0.2) is 11.5 Å². The second kappa shape index (κ2) is 10.3. The van der Waals surface area contributed by atoms with Crippen LogP contribution in [0.25, 0.3) is 10.9 Å². The van der Waals surface area contributed by atoms with Gasteiger partial charge in [-0.3, -0.25) is 19.8 Å². The van der Waals surface area contributed by atoms with E-state index in [9.17, 15) is 14.4 Å². The lowest BCUT2D eigenvalue weighted by molar-refractivity contribution is -0.136. The Labute approximate surface area is 222 Å². The van der Waals surface area contributed by atoms with Crippen LogP contribution in [0.4, 0.5) is 5.69 Å². The van der Waals surface area contributed by atoms with E-state index < -0.39 is 17.7 Å². The molecule has 1 aromatic heterocycles. The molecular weight excluding hydrogens is 512 g/mol. The van der Waals surface area contributed by atoms with E-state index in [1.165, 1.54) is 11.8 Å². The average Bonchev–Trinajstić information content (AvgIpc) is 3.54. The first kappa shape index (κ1) is 25.0. The van der Waals surface area contributed by atoms with Gasteiger partial charge in [-0.25, -0.2) is 4.68 Å². The Morgan fingerprint density at radius 3 is 2.61 bits per heavy atom. The number of ether oxygens (including phenoxy) is 3. The number of amides is 3. The monoisotopic (exact) mass is 534 g/mol. The van der Waals surface area contributed by atoms with Gasteiger partial charge in [0.05, 0.1) is 7.11 Å². The van der Waals surface area contributed by atoms with Gasteiger partial charge in [0.25, 0.3) is 5.91 Å². The molecule has 194 valence electrons. The van der Waals surface area contributed by atoms with E-state index >= 15 is 0 Å². The molecule has 0 fully saturated rings. The van der Waals surface area contributed by atoms with Crippen LogP contribution in [0.15, 0.2) is 60.7 Å². The third-order valence-corrected chi connectivity index (χ3v) is 6.47.